The van der Waals surface area contributed by atoms with Crippen LogP contribution in [0.3, 0.4) is 0 Å². The van der Waals surface area contributed by atoms with Crippen molar-refractivity contribution in [3.63, 3.8) is 0 Å². The Hall–Kier alpha value is -2.67. The maximum atomic E-state index is 13.7. The Bertz CT molecular complexity index is 1030. The first-order chi connectivity index (χ1) is 13.9. The van der Waals surface area contributed by atoms with E-state index in [2.05, 4.69) is 10.4 Å². The van der Waals surface area contributed by atoms with Gasteiger partial charge in [0.2, 0.25) is 0 Å². The number of anilines is 1. The molecule has 0 saturated heterocycles. The number of fused-ring (bicyclic) bond motifs is 1. The monoisotopic (exact) mass is 421 g/mol. The third-order valence-electron chi connectivity index (χ3n) is 4.99. The van der Waals surface area contributed by atoms with Crippen LogP contribution in [0.4, 0.5) is 19.0 Å². The van der Waals surface area contributed by atoms with Gasteiger partial charge in [-0.1, -0.05) is 11.6 Å². The number of benzene rings is 2. The number of methoxy groups -OCH3 is 1. The number of alkyl halides is 3. The first-order valence-electron chi connectivity index (χ1n) is 9.26. The number of nitrogens with zero attached hydrogens (tertiary/aromatic N) is 2. The van der Waals surface area contributed by atoms with E-state index in [1.807, 2.05) is 24.3 Å². The lowest BCUT2D eigenvalue weighted by atomic mass is 10.0. The molecule has 0 atom stereocenters. The summed E-state index contributed by atoms with van der Waals surface area (Å²) >= 11 is 5.85. The van der Waals surface area contributed by atoms with Crippen molar-refractivity contribution in [3.05, 3.63) is 58.6 Å². The van der Waals surface area contributed by atoms with Crippen LogP contribution >= 0.6 is 11.6 Å². The molecule has 1 aromatic heterocycles. The van der Waals surface area contributed by atoms with Crippen molar-refractivity contribution in [2.75, 3.05) is 19.0 Å². The SMILES string of the molecule is COc1ccc(-c2nn(-c3ccc(Cl)cc3C(F)(F)F)c3c2CCCCN3)cc1. The zero-order chi connectivity index (χ0) is 20.6. The van der Waals surface area contributed by atoms with E-state index in [0.29, 0.717) is 23.8 Å². The number of halogens is 4. The molecule has 0 fully saturated rings. The fraction of sp³-hybridized carbons (Fsp3) is 0.286. The predicted molar refractivity (Wildman–Crippen MR) is 107 cm³/mol. The first kappa shape index (κ1) is 19.6. The average Bonchev–Trinajstić information content (AvgIpc) is 2.88. The summed E-state index contributed by atoms with van der Waals surface area (Å²) in [6, 6.07) is 11.1. The van der Waals surface area contributed by atoms with E-state index in [4.69, 9.17) is 16.3 Å². The fourth-order valence-electron chi connectivity index (χ4n) is 3.58. The molecule has 4 nitrogen and oxygen atoms in total. The summed E-state index contributed by atoms with van der Waals surface area (Å²) in [6.07, 6.45) is -1.95. The van der Waals surface area contributed by atoms with Gasteiger partial charge in [0.25, 0.3) is 0 Å². The minimum atomic E-state index is -4.55. The molecule has 8 heteroatoms. The summed E-state index contributed by atoms with van der Waals surface area (Å²) in [5, 5.41) is 7.91. The van der Waals surface area contributed by atoms with E-state index >= 15 is 0 Å². The highest BCUT2D eigenvalue weighted by Gasteiger charge is 2.36. The van der Waals surface area contributed by atoms with Gasteiger partial charge in [0.15, 0.2) is 0 Å². The van der Waals surface area contributed by atoms with Gasteiger partial charge in [-0.05, 0) is 61.7 Å². The standard InChI is InChI=1S/C21H19ClF3N3O/c1-29-15-8-5-13(6-9-15)19-16-4-2-3-11-26-20(16)28(27-19)18-10-7-14(22)12-17(18)21(23,24)25/h5-10,12,26H,2-4,11H2,1H3. The lowest BCUT2D eigenvalue weighted by Crippen LogP contribution is -2.14. The molecule has 0 unspecified atom stereocenters. The summed E-state index contributed by atoms with van der Waals surface area (Å²) < 4.78 is 47.7. The van der Waals surface area contributed by atoms with Crippen molar-refractivity contribution in [1.82, 2.24) is 9.78 Å². The van der Waals surface area contributed by atoms with Crippen molar-refractivity contribution in [1.29, 1.82) is 0 Å². The van der Waals surface area contributed by atoms with E-state index in [-0.39, 0.29) is 10.7 Å². The van der Waals surface area contributed by atoms with Crippen LogP contribution in [0.2, 0.25) is 5.02 Å². The maximum absolute atomic E-state index is 13.7. The summed E-state index contributed by atoms with van der Waals surface area (Å²) in [4.78, 5) is 0. The fourth-order valence-corrected chi connectivity index (χ4v) is 3.75. The molecule has 3 aromatic rings. The van der Waals surface area contributed by atoms with E-state index in [0.717, 1.165) is 36.5 Å². The van der Waals surface area contributed by atoms with Crippen molar-refractivity contribution in [2.45, 2.75) is 25.4 Å². The van der Waals surface area contributed by atoms with Gasteiger partial charge in [0, 0.05) is 22.7 Å². The second-order valence-corrected chi connectivity index (χ2v) is 7.30. The smallest absolute Gasteiger partial charge is 0.418 e. The Balaban J connectivity index is 1.92. The molecule has 0 radical (unpaired) electrons. The highest BCUT2D eigenvalue weighted by Crippen LogP contribution is 2.40. The van der Waals surface area contributed by atoms with Crippen LogP contribution in [0.5, 0.6) is 5.75 Å². The van der Waals surface area contributed by atoms with Crippen molar-refractivity contribution < 1.29 is 17.9 Å². The Kier molecular flexibility index (Phi) is 5.17. The Morgan fingerprint density at radius 1 is 1.10 bits per heavy atom. The quantitative estimate of drug-likeness (QED) is 0.566. The molecule has 1 aliphatic heterocycles. The molecular formula is C21H19ClF3N3O. The molecule has 0 amide bonds. The zero-order valence-corrected chi connectivity index (χ0v) is 16.4. The zero-order valence-electron chi connectivity index (χ0n) is 15.7. The molecule has 1 N–H and O–H groups in total. The van der Waals surface area contributed by atoms with Crippen LogP contribution < -0.4 is 10.1 Å². The maximum Gasteiger partial charge on any atom is 0.418 e. The van der Waals surface area contributed by atoms with Gasteiger partial charge in [-0.15, -0.1) is 0 Å². The summed E-state index contributed by atoms with van der Waals surface area (Å²) in [6.45, 7) is 0.676. The third kappa shape index (κ3) is 3.79. The van der Waals surface area contributed by atoms with Crippen LogP contribution in [-0.4, -0.2) is 23.4 Å². The molecular weight excluding hydrogens is 403 g/mol. The molecule has 29 heavy (non-hydrogen) atoms. The molecule has 0 saturated carbocycles. The first-order valence-corrected chi connectivity index (χ1v) is 9.63. The normalized spacial score (nSPS) is 14.1. The second-order valence-electron chi connectivity index (χ2n) is 6.86. The molecule has 2 aromatic carbocycles. The molecule has 1 aliphatic rings. The van der Waals surface area contributed by atoms with Gasteiger partial charge < -0.3 is 10.1 Å². The van der Waals surface area contributed by atoms with E-state index in [9.17, 15) is 13.2 Å². The minimum absolute atomic E-state index is 0.0302. The van der Waals surface area contributed by atoms with Gasteiger partial charge in [-0.25, -0.2) is 4.68 Å². The van der Waals surface area contributed by atoms with Gasteiger partial charge in [-0.3, -0.25) is 0 Å². The average molecular weight is 422 g/mol. The molecule has 2 heterocycles. The predicted octanol–water partition coefficient (Wildman–Crippen LogP) is 5.97. The summed E-state index contributed by atoms with van der Waals surface area (Å²) in [5.74, 6) is 1.30. The van der Waals surface area contributed by atoms with E-state index in [1.165, 1.54) is 16.8 Å². The van der Waals surface area contributed by atoms with E-state index in [1.54, 1.807) is 7.11 Å². The van der Waals surface area contributed by atoms with Crippen LogP contribution in [0, 0.1) is 0 Å². The van der Waals surface area contributed by atoms with Crippen LogP contribution in [0.15, 0.2) is 42.5 Å². The lowest BCUT2D eigenvalue weighted by molar-refractivity contribution is -0.137. The van der Waals surface area contributed by atoms with Crippen LogP contribution in [0.25, 0.3) is 16.9 Å². The van der Waals surface area contributed by atoms with Crippen molar-refractivity contribution in [3.8, 4) is 22.7 Å². The van der Waals surface area contributed by atoms with Gasteiger partial charge in [0.1, 0.15) is 11.6 Å². The van der Waals surface area contributed by atoms with Gasteiger partial charge >= 0.3 is 6.18 Å². The van der Waals surface area contributed by atoms with Gasteiger partial charge in [0.05, 0.1) is 24.1 Å². The van der Waals surface area contributed by atoms with Crippen molar-refractivity contribution >= 4 is 17.4 Å². The minimum Gasteiger partial charge on any atom is -0.497 e. The number of aromatic nitrogens is 2. The number of ether oxygens (including phenoxy) is 1. The van der Waals surface area contributed by atoms with Crippen LogP contribution in [0.1, 0.15) is 24.0 Å². The van der Waals surface area contributed by atoms with Crippen molar-refractivity contribution in [2.24, 2.45) is 0 Å². The molecule has 152 valence electrons. The Labute approximate surface area is 171 Å². The third-order valence-corrected chi connectivity index (χ3v) is 5.22. The van der Waals surface area contributed by atoms with E-state index < -0.39 is 11.7 Å². The number of nitrogens with one attached hydrogen (secondary N) is 1. The molecule has 0 spiro atoms. The number of rotatable bonds is 3. The highest BCUT2D eigenvalue weighted by molar-refractivity contribution is 6.30. The number of hydrogen-bond donors (Lipinski definition) is 1. The molecule has 4 rings (SSSR count). The Morgan fingerprint density at radius 2 is 1.86 bits per heavy atom. The molecule has 0 bridgehead atoms. The molecule has 0 aliphatic carbocycles. The largest absolute Gasteiger partial charge is 0.497 e. The topological polar surface area (TPSA) is 39.1 Å². The second kappa shape index (κ2) is 7.63. The highest BCUT2D eigenvalue weighted by atomic mass is 35.5. The van der Waals surface area contributed by atoms with Crippen LogP contribution in [-0.2, 0) is 12.6 Å². The summed E-state index contributed by atoms with van der Waals surface area (Å²) in [5.41, 5.74) is 1.54. The lowest BCUT2D eigenvalue weighted by Gasteiger charge is -2.16. The number of hydrogen-bond acceptors (Lipinski definition) is 3. The summed E-state index contributed by atoms with van der Waals surface area (Å²) in [7, 11) is 1.58. The Morgan fingerprint density at radius 3 is 2.55 bits per heavy atom. The van der Waals surface area contributed by atoms with Gasteiger partial charge in [-0.2, -0.15) is 18.3 Å².